The lowest BCUT2D eigenvalue weighted by Crippen LogP contribution is -2.59. The Kier molecular flexibility index (Phi) is 51.4. The minimum absolute atomic E-state index is 0.0104. The first-order valence-corrected chi connectivity index (χ1v) is 40.6. The molecule has 0 aromatic carbocycles. The molecule has 0 spiro atoms. The number of amides is 8. The highest BCUT2D eigenvalue weighted by Gasteiger charge is 2.46. The molecule has 4 aliphatic rings. The van der Waals surface area contributed by atoms with E-state index in [0.717, 1.165) is 32.1 Å². The summed E-state index contributed by atoms with van der Waals surface area (Å²) in [6.07, 6.45) is -11.5. The molecule has 113 heavy (non-hydrogen) atoms. The molecule has 4 heterocycles. The summed E-state index contributed by atoms with van der Waals surface area (Å²) in [5.74, 6) is -5.85. The zero-order valence-corrected chi connectivity index (χ0v) is 65.4. The third-order valence-corrected chi connectivity index (χ3v) is 19.5. The Morgan fingerprint density at radius 3 is 1.20 bits per heavy atom. The van der Waals surface area contributed by atoms with Crippen molar-refractivity contribution in [3.8, 4) is 0 Å². The molecule has 21 N–H and O–H groups in total. The summed E-state index contributed by atoms with van der Waals surface area (Å²) in [4.78, 5) is 115. The fraction of sp³-hybridized carbons (Fsp3) is 0.887. The highest BCUT2D eigenvalue weighted by atomic mass is 31.1. The normalized spacial score (nSPS) is 26.5. The van der Waals surface area contributed by atoms with Gasteiger partial charge in [0.15, 0.2) is 18.9 Å². The molecule has 0 aliphatic carbocycles. The topological polar surface area (TPSA) is 617 Å². The molecule has 0 radical (unpaired) electrons. The van der Waals surface area contributed by atoms with Crippen LogP contribution in [0, 0.1) is 5.92 Å². The Morgan fingerprint density at radius 2 is 0.779 bits per heavy atom. The molecule has 19 atom stereocenters. The number of unbranched alkanes of at least 4 members (excludes halogenated alkanes) is 10. The van der Waals surface area contributed by atoms with Gasteiger partial charge in [-0.05, 0) is 77.0 Å². The van der Waals surface area contributed by atoms with E-state index in [4.69, 9.17) is 52.0 Å². The fourth-order valence-corrected chi connectivity index (χ4v) is 12.8. The Labute approximate surface area is 658 Å². The van der Waals surface area contributed by atoms with Crippen molar-refractivity contribution in [3.05, 3.63) is 0 Å². The average molecular weight is 1650 g/mol. The van der Waals surface area contributed by atoms with Gasteiger partial charge < -0.3 is 151 Å². The number of hydrogen-bond acceptors (Lipinski definition) is 32. The number of aliphatic hydroxyl groups is 13. The predicted octanol–water partition coefficient (Wildman–Crippen LogP) is -5.42. The first kappa shape index (κ1) is 100. The first-order valence-electron chi connectivity index (χ1n) is 39.5. The van der Waals surface area contributed by atoms with Crippen LogP contribution in [0.3, 0.4) is 0 Å². The largest absolute Gasteiger partial charge is 0.694 e. The van der Waals surface area contributed by atoms with Crippen molar-refractivity contribution < 1.29 is 161 Å². The van der Waals surface area contributed by atoms with E-state index in [1.54, 1.807) is 0 Å². The van der Waals surface area contributed by atoms with Crippen LogP contribution in [0.5, 0.6) is 0 Å². The number of carbonyl (C=O) groups is 8. The molecule has 0 aromatic heterocycles. The van der Waals surface area contributed by atoms with Gasteiger partial charge in [0, 0.05) is 115 Å². The maximum Gasteiger partial charge on any atom is 0.694 e. The quantitative estimate of drug-likeness (QED) is 0.0154. The third-order valence-electron chi connectivity index (χ3n) is 19.2. The summed E-state index contributed by atoms with van der Waals surface area (Å²) in [5.41, 5.74) is 0. The molecule has 42 heteroatoms. The van der Waals surface area contributed by atoms with Crippen molar-refractivity contribution >= 4 is 55.5 Å². The lowest BCUT2D eigenvalue weighted by molar-refractivity contribution is -0.301. The summed E-state index contributed by atoms with van der Waals surface area (Å²) in [6.45, 7) is -2.12. The number of nitrogens with one attached hydrogen (secondary N) is 7. The van der Waals surface area contributed by atoms with E-state index in [-0.39, 0.29) is 180 Å². The van der Waals surface area contributed by atoms with Gasteiger partial charge in [0.05, 0.1) is 77.3 Å². The monoisotopic (exact) mass is 1650 g/mol. The van der Waals surface area contributed by atoms with E-state index in [0.29, 0.717) is 77.0 Å². The van der Waals surface area contributed by atoms with Crippen LogP contribution in [0.25, 0.3) is 0 Å². The second kappa shape index (κ2) is 57.9. The standard InChI is InChI=1S/C71H127N8O33P/c80-40-46-43-107-68(65(98)62(95)59(46)92)104-32-12-9-18-51(84)73-27-16-30-76-55(88)24-36-108-71(78-57(90)21-7-5-3-1-2-4-6-8-22-58(91)79-39-48(83)38-47(79)44-110-113(101)102,109-37-25-56(89)77-31-17-28-74-53(86)20-11-14-34-106-70-67(100)64(97)61(94)50(42-82)112-70)45-103-35-23-54(87)75-29-15-26-72-52(85)19-10-13-33-105-69-66(99)63(96)60(93)49(41-81)111-69/h46-50,59-70,80-83,92-100H,1-45H2,(H7-,72,73,74,75,76,77,78,84,85,86,87,88,89,90,101,102)/p+1/t46?,47-,48+,49?,50?,59-,60-,61-,62?,63?,64?,65?,66?,67?,68+,69+,70+,71?/m0/s1. The number of likely N-dealkylation sites (tertiary alicyclic amines) is 1. The van der Waals surface area contributed by atoms with Crippen molar-refractivity contribution in [2.75, 3.05) is 125 Å². The second-order valence-electron chi connectivity index (χ2n) is 28.4. The molecule has 4 saturated heterocycles. The smallest absolute Gasteiger partial charge is 0.396 e. The Morgan fingerprint density at radius 1 is 0.407 bits per heavy atom. The maximum atomic E-state index is 13.9. The van der Waals surface area contributed by atoms with Crippen LogP contribution in [-0.2, 0) is 90.1 Å². The van der Waals surface area contributed by atoms with Crippen molar-refractivity contribution in [2.24, 2.45) is 5.92 Å². The number of rotatable bonds is 61. The summed E-state index contributed by atoms with van der Waals surface area (Å²) in [5, 5.41) is 149. The van der Waals surface area contributed by atoms with Gasteiger partial charge in [-0.1, -0.05) is 38.5 Å². The molecule has 8 amide bonds. The van der Waals surface area contributed by atoms with Crippen LogP contribution in [0.1, 0.15) is 167 Å². The molecular formula is C71H128N8O33P+. The number of carbonyl (C=O) groups excluding carboxylic acids is 8. The minimum Gasteiger partial charge on any atom is -0.396 e. The van der Waals surface area contributed by atoms with Gasteiger partial charge in [-0.25, -0.2) is 0 Å². The minimum atomic E-state index is -2.84. The molecule has 4 aliphatic heterocycles. The van der Waals surface area contributed by atoms with Crippen LogP contribution in [0.2, 0.25) is 0 Å². The van der Waals surface area contributed by atoms with E-state index in [1.165, 1.54) is 4.90 Å². The van der Waals surface area contributed by atoms with Gasteiger partial charge in [0.2, 0.25) is 47.3 Å². The number of aliphatic hydroxyl groups excluding tert-OH is 13. The molecular weight excluding hydrogens is 1520 g/mol. The fourth-order valence-electron chi connectivity index (χ4n) is 12.5. The molecule has 0 saturated carbocycles. The van der Waals surface area contributed by atoms with Gasteiger partial charge in [0.1, 0.15) is 74.3 Å². The molecule has 11 unspecified atom stereocenters. The molecule has 0 aromatic rings. The molecule has 0 bridgehead atoms. The zero-order chi connectivity index (χ0) is 82.9. The summed E-state index contributed by atoms with van der Waals surface area (Å²) < 4.78 is 66.8. The Bertz CT molecular complexity index is 2730. The number of hydrogen-bond donors (Lipinski definition) is 21. The lowest BCUT2D eigenvalue weighted by atomic mass is 9.97. The van der Waals surface area contributed by atoms with Crippen LogP contribution in [0.15, 0.2) is 0 Å². The van der Waals surface area contributed by atoms with Crippen LogP contribution >= 0.6 is 8.25 Å². The first-order chi connectivity index (χ1) is 54.2. The average Bonchev–Trinajstić information content (AvgIpc) is 1.67. The van der Waals surface area contributed by atoms with E-state index in [2.05, 4.69) is 37.2 Å². The van der Waals surface area contributed by atoms with Crippen molar-refractivity contribution in [1.29, 1.82) is 0 Å². The molecule has 4 rings (SSSR count). The van der Waals surface area contributed by atoms with Gasteiger partial charge >= 0.3 is 8.25 Å². The van der Waals surface area contributed by atoms with E-state index >= 15 is 0 Å². The Hall–Kier alpha value is -5.10. The third kappa shape index (κ3) is 40.3. The summed E-state index contributed by atoms with van der Waals surface area (Å²) >= 11 is 0. The van der Waals surface area contributed by atoms with Gasteiger partial charge in [-0.15, -0.1) is 9.42 Å². The van der Waals surface area contributed by atoms with Crippen LogP contribution in [-0.4, -0.2) is 353 Å². The zero-order valence-electron chi connectivity index (χ0n) is 64.5. The summed E-state index contributed by atoms with van der Waals surface area (Å²) in [7, 11) is -2.84. The molecule has 654 valence electrons. The molecule has 41 nitrogen and oxygen atoms in total. The maximum absolute atomic E-state index is 13.9. The second-order valence-corrected chi connectivity index (χ2v) is 29.1. The van der Waals surface area contributed by atoms with E-state index < -0.39 is 168 Å². The number of ether oxygens (including phenoxy) is 9. The number of nitrogens with zero attached hydrogens (tertiary/aromatic N) is 1. The SMILES string of the molecule is O=C(CCCCO[C@@H]1OC(CO)[C@H](O)C(O)C1O)NCCCNC(=O)CCOCC(NC(=O)CCCCCCCCCCC(=O)N1C[C@H](O)C[C@H]1CO[P+](=O)O)(OCCC(=O)NCCCNC(=O)CCCCO[C@@H]1OCC(CO)[C@H](O)C(O)C1O)OCCC(=O)NCCCNC(=O)CCCCO[C@@H]1OC(CO)[C@H](O)C(O)C1O. The predicted molar refractivity (Wildman–Crippen MR) is 393 cm³/mol. The van der Waals surface area contributed by atoms with Crippen molar-refractivity contribution in [2.45, 2.75) is 271 Å². The van der Waals surface area contributed by atoms with E-state index in [1.807, 2.05) is 0 Å². The lowest BCUT2D eigenvalue weighted by Gasteiger charge is -2.39. The Balaban J connectivity index is 1.29. The van der Waals surface area contributed by atoms with Gasteiger partial charge in [0.25, 0.3) is 5.91 Å². The van der Waals surface area contributed by atoms with E-state index in [9.17, 15) is 109 Å². The van der Waals surface area contributed by atoms with Crippen molar-refractivity contribution in [1.82, 2.24) is 42.1 Å². The van der Waals surface area contributed by atoms with Crippen LogP contribution < -0.4 is 37.2 Å². The van der Waals surface area contributed by atoms with Gasteiger partial charge in [-0.3, -0.25) is 38.4 Å². The number of β-amino-alcohol motifs (C(OH)–C–C–N with tert-alkyl or cyclic N) is 1. The summed E-state index contributed by atoms with van der Waals surface area (Å²) in [6, 6.07) is -0.487. The van der Waals surface area contributed by atoms with Crippen LogP contribution in [0.4, 0.5) is 0 Å². The molecule has 4 fully saturated rings. The van der Waals surface area contributed by atoms with Gasteiger partial charge in [-0.2, -0.15) is 0 Å². The van der Waals surface area contributed by atoms with Crippen molar-refractivity contribution in [3.63, 3.8) is 0 Å². The highest BCUT2D eigenvalue weighted by Crippen LogP contribution is 2.28. The highest BCUT2D eigenvalue weighted by molar-refractivity contribution is 7.32.